The predicted molar refractivity (Wildman–Crippen MR) is 359 cm³/mol. The van der Waals surface area contributed by atoms with Crippen LogP contribution in [0.15, 0.2) is 128 Å². The number of anilines is 3. The van der Waals surface area contributed by atoms with Crippen molar-refractivity contribution >= 4 is 108 Å². The van der Waals surface area contributed by atoms with Crippen LogP contribution in [0.4, 0.5) is 21.8 Å². The number of carboxylic acid groups (broad SMARTS) is 2. The van der Waals surface area contributed by atoms with Gasteiger partial charge in [0.2, 0.25) is 0 Å². The van der Waals surface area contributed by atoms with Gasteiger partial charge in [0.15, 0.2) is 5.82 Å². The summed E-state index contributed by atoms with van der Waals surface area (Å²) in [7, 11) is 1.45. The normalized spacial score (nSPS) is 19.1. The summed E-state index contributed by atoms with van der Waals surface area (Å²) >= 11 is 12.7. The average molecular weight is 1300 g/mol. The minimum absolute atomic E-state index is 0.0282. The molecule has 0 saturated heterocycles. The number of nitrogen functional groups attached to an aromatic ring is 3. The van der Waals surface area contributed by atoms with E-state index in [4.69, 9.17) is 60.1 Å². The second-order valence-corrected chi connectivity index (χ2v) is 25.3. The van der Waals surface area contributed by atoms with Crippen molar-refractivity contribution < 1.29 is 33.7 Å². The molecular formula is C69H65Cl2FN16O6. The highest BCUT2D eigenvalue weighted by Crippen LogP contribution is 2.44. The number of fused-ring (bicyclic) bond motifs is 6. The van der Waals surface area contributed by atoms with E-state index in [9.17, 15) is 29.0 Å². The molecule has 0 atom stereocenters. The predicted octanol–water partition coefficient (Wildman–Crippen LogP) is 14.1. The molecule has 3 fully saturated rings. The van der Waals surface area contributed by atoms with Gasteiger partial charge in [-0.1, -0.05) is 83.9 Å². The number of imidazole rings is 3. The maximum Gasteiger partial charge on any atom is 0.308 e. The summed E-state index contributed by atoms with van der Waals surface area (Å²) in [5.74, 6) is 1.76. The van der Waals surface area contributed by atoms with E-state index in [0.29, 0.717) is 82.8 Å². The number of aliphatic carboxylic acids is 2. The van der Waals surface area contributed by atoms with Crippen LogP contribution in [-0.4, -0.2) is 98.5 Å². The zero-order chi connectivity index (χ0) is 65.1. The average Bonchev–Trinajstić information content (AvgIpc) is 1.61. The fourth-order valence-electron chi connectivity index (χ4n) is 14.2. The van der Waals surface area contributed by atoms with Gasteiger partial charge in [-0.15, -0.1) is 0 Å². The number of benzene rings is 4. The highest BCUT2D eigenvalue weighted by Gasteiger charge is 2.35. The van der Waals surface area contributed by atoms with Crippen LogP contribution in [0.1, 0.15) is 112 Å². The third-order valence-corrected chi connectivity index (χ3v) is 19.6. The summed E-state index contributed by atoms with van der Waals surface area (Å²) < 4.78 is 25.3. The van der Waals surface area contributed by atoms with Crippen LogP contribution in [0, 0.1) is 23.6 Å². The Morgan fingerprint density at radius 1 is 0.521 bits per heavy atom. The summed E-state index contributed by atoms with van der Waals surface area (Å²) in [6, 6.07) is 30.0. The molecule has 3 aliphatic carbocycles. The Labute approximate surface area is 545 Å². The first-order valence-corrected chi connectivity index (χ1v) is 32.1. The Morgan fingerprint density at radius 2 is 0.936 bits per heavy atom. The van der Waals surface area contributed by atoms with Gasteiger partial charge >= 0.3 is 17.9 Å². The zero-order valence-corrected chi connectivity index (χ0v) is 52.5. The summed E-state index contributed by atoms with van der Waals surface area (Å²) in [5, 5.41) is 27.3. The number of carboxylic acids is 2. The van der Waals surface area contributed by atoms with E-state index < -0.39 is 11.9 Å². The molecule has 0 aliphatic heterocycles. The molecule has 16 rings (SSSR count). The highest BCUT2D eigenvalue weighted by molar-refractivity contribution is 6.35. The van der Waals surface area contributed by atoms with Crippen LogP contribution >= 0.6 is 23.2 Å². The monoisotopic (exact) mass is 1300 g/mol. The number of aromatic amines is 3. The molecule has 0 spiro atoms. The van der Waals surface area contributed by atoms with Crippen molar-refractivity contribution in [3.63, 3.8) is 0 Å². The van der Waals surface area contributed by atoms with Crippen LogP contribution in [-0.2, 0) is 19.1 Å². The molecular weight excluding hydrogens is 1240 g/mol. The topological polar surface area (TPSA) is 330 Å². The second kappa shape index (κ2) is 25.3. The summed E-state index contributed by atoms with van der Waals surface area (Å²) in [5.41, 5.74) is 29.2. The number of H-pyrrole nitrogens is 3. The molecule has 94 heavy (non-hydrogen) atoms. The van der Waals surface area contributed by atoms with Gasteiger partial charge in [0.25, 0.3) is 0 Å². The van der Waals surface area contributed by atoms with E-state index in [0.717, 1.165) is 134 Å². The fourth-order valence-corrected chi connectivity index (χ4v) is 14.6. The number of aromatic nitrogens is 13. The van der Waals surface area contributed by atoms with Crippen molar-refractivity contribution in [2.75, 3.05) is 24.3 Å². The quantitative estimate of drug-likeness (QED) is 0.0590. The third-order valence-electron chi connectivity index (χ3n) is 19.0. The molecule has 3 aliphatic rings. The number of nitrogens with zero attached hydrogens (tertiary/aromatic N) is 10. The SMILES string of the molecule is COC(=O)C1CCC(c2nc(-c3cc4cccc(Cl)c4[nH]3)c3c(N)nccn23)CC1.Nc1nccn2c(C3CCC(C(=O)O)CC3)nc(-c3cc4cccc(Cl)c4[nH]3)c12.Nc1ncnn2c(C3CCC(C(=O)O)CC3)nc(-c3cc4cccc(-c5ccccc5F)c4[nH]3)c12. The van der Waals surface area contributed by atoms with Gasteiger partial charge in [-0.25, -0.2) is 38.8 Å². The Hall–Kier alpha value is -10.4. The Kier molecular flexibility index (Phi) is 16.4. The zero-order valence-electron chi connectivity index (χ0n) is 50.9. The lowest BCUT2D eigenvalue weighted by atomic mass is 9.81. The number of methoxy groups -OCH3 is 1. The summed E-state index contributed by atoms with van der Waals surface area (Å²) in [4.78, 5) is 72.4. The maximum atomic E-state index is 14.6. The lowest BCUT2D eigenvalue weighted by Crippen LogP contribution is -2.23. The molecule has 0 unspecified atom stereocenters. The Balaban J connectivity index is 0.000000122. The van der Waals surface area contributed by atoms with Gasteiger partial charge in [-0.3, -0.25) is 23.2 Å². The smallest absolute Gasteiger partial charge is 0.308 e. The van der Waals surface area contributed by atoms with Crippen LogP contribution in [0.25, 0.3) is 94.5 Å². The number of esters is 1. The molecule has 9 aromatic heterocycles. The number of hydrogen-bond donors (Lipinski definition) is 8. The van der Waals surface area contributed by atoms with Crippen LogP contribution in [0.3, 0.4) is 0 Å². The number of halogens is 3. The molecule has 22 nitrogen and oxygen atoms in total. The molecule has 0 bridgehead atoms. The van der Waals surface area contributed by atoms with Gasteiger partial charge in [0.1, 0.15) is 74.9 Å². The Bertz CT molecular complexity index is 5070. The lowest BCUT2D eigenvalue weighted by molar-refractivity contribution is -0.146. The molecule has 25 heteroatoms. The van der Waals surface area contributed by atoms with Crippen molar-refractivity contribution in [3.8, 4) is 45.3 Å². The lowest BCUT2D eigenvalue weighted by Gasteiger charge is -2.26. The number of carbonyl (C=O) groups excluding carboxylic acids is 1. The number of para-hydroxylation sites is 3. The van der Waals surface area contributed by atoms with Crippen molar-refractivity contribution in [2.24, 2.45) is 17.8 Å². The Morgan fingerprint density at radius 3 is 1.41 bits per heavy atom. The second-order valence-electron chi connectivity index (χ2n) is 24.5. The number of hydrogen-bond acceptors (Lipinski definition) is 14. The van der Waals surface area contributed by atoms with E-state index >= 15 is 0 Å². The van der Waals surface area contributed by atoms with E-state index in [-0.39, 0.29) is 47.3 Å². The minimum Gasteiger partial charge on any atom is -0.481 e. The maximum absolute atomic E-state index is 14.6. The number of carbonyl (C=O) groups is 3. The van der Waals surface area contributed by atoms with E-state index in [1.807, 2.05) is 100 Å². The van der Waals surface area contributed by atoms with Gasteiger partial charge in [-0.2, -0.15) is 5.10 Å². The number of rotatable bonds is 10. The third kappa shape index (κ3) is 11.3. The van der Waals surface area contributed by atoms with Crippen molar-refractivity contribution in [1.29, 1.82) is 0 Å². The largest absolute Gasteiger partial charge is 0.481 e. The van der Waals surface area contributed by atoms with E-state index in [1.54, 1.807) is 29.0 Å². The van der Waals surface area contributed by atoms with Crippen molar-refractivity contribution in [1.82, 2.24) is 63.3 Å². The molecule has 478 valence electrons. The first kappa shape index (κ1) is 61.1. The first-order chi connectivity index (χ1) is 45.6. The van der Waals surface area contributed by atoms with Crippen molar-refractivity contribution in [3.05, 3.63) is 162 Å². The number of nitrogens with one attached hydrogen (secondary N) is 3. The van der Waals surface area contributed by atoms with Gasteiger partial charge in [0, 0.05) is 69.8 Å². The van der Waals surface area contributed by atoms with Crippen molar-refractivity contribution in [2.45, 2.75) is 94.8 Å². The molecule has 9 heterocycles. The molecule has 13 aromatic rings. The number of nitrogens with two attached hydrogens (primary N) is 3. The van der Waals surface area contributed by atoms with Gasteiger partial charge in [0.05, 0.1) is 68.5 Å². The fraction of sp³-hybridized carbons (Fsp3) is 0.275. The van der Waals surface area contributed by atoms with Gasteiger partial charge < -0.3 is 47.1 Å². The summed E-state index contributed by atoms with van der Waals surface area (Å²) in [6.45, 7) is 0. The molecule has 11 N–H and O–H groups in total. The van der Waals surface area contributed by atoms with Crippen LogP contribution in [0.2, 0.25) is 10.0 Å². The first-order valence-electron chi connectivity index (χ1n) is 31.3. The van der Waals surface area contributed by atoms with E-state index in [1.165, 1.54) is 19.5 Å². The molecule has 0 radical (unpaired) electrons. The molecule has 0 amide bonds. The van der Waals surface area contributed by atoms with E-state index in [2.05, 4.69) is 35.0 Å². The molecule has 3 saturated carbocycles. The summed E-state index contributed by atoms with van der Waals surface area (Å²) in [6.07, 6.45) is 17.4. The van der Waals surface area contributed by atoms with Crippen LogP contribution in [0.5, 0.6) is 0 Å². The standard InChI is InChI=1S/C26H23FN6O2.C22H22ClN5O2.C21H20ClN5O2/c27-19-7-2-1-5-17(19)18-6-3-4-16-12-20(31-21(16)18)22-23-24(28)29-13-30-33(23)25(32-22)14-8-10-15(11-9-14)26(34)35;1-30-22(29)13-7-5-12(6-8-13)21-27-18(19-20(24)25-9-10-28(19)21)16-11-14-3-2-4-15(23)17(14)26-16;22-14-3-1-2-13-10-15(25-16(13)14)17-18-19(23)24-8-9-27(18)20(26-17)11-4-6-12(7-5-11)21(28)29/h1-7,12-15,31H,8-11H2,(H,34,35)(H2,28,29,30);2-4,9-13,26H,5-8H2,1H3,(H2,24,25);1-3,8-12,25H,4-7H2,(H2,23,24)(H,28,29). The highest BCUT2D eigenvalue weighted by atomic mass is 35.5. The minimum atomic E-state index is -0.743. The number of ether oxygens (including phenoxy) is 1. The van der Waals surface area contributed by atoms with Crippen LogP contribution < -0.4 is 17.2 Å². The van der Waals surface area contributed by atoms with Gasteiger partial charge in [-0.05, 0) is 113 Å². The molecule has 4 aromatic carbocycles.